The molecule has 2 atom stereocenters. The number of sulfonamides is 1. The third-order valence-corrected chi connectivity index (χ3v) is 5.79. The Kier molecular flexibility index (Phi) is 5.72. The molecule has 1 aliphatic heterocycles. The highest BCUT2D eigenvalue weighted by Crippen LogP contribution is 2.19. The molecule has 7 nitrogen and oxygen atoms in total. The average Bonchev–Trinajstić information content (AvgIpc) is 2.53. The molecular weight excluding hydrogens is 318 g/mol. The van der Waals surface area contributed by atoms with E-state index >= 15 is 0 Å². The van der Waals surface area contributed by atoms with Crippen LogP contribution < -0.4 is 4.72 Å². The summed E-state index contributed by atoms with van der Waals surface area (Å²) in [5.41, 5.74) is -0.126. The van der Waals surface area contributed by atoms with Gasteiger partial charge in [0, 0.05) is 30.8 Å². The number of piperidine rings is 1. The van der Waals surface area contributed by atoms with Gasteiger partial charge in [-0.2, -0.15) is 0 Å². The molecule has 1 aromatic rings. The Morgan fingerprint density at radius 2 is 2.00 bits per heavy atom. The van der Waals surface area contributed by atoms with Gasteiger partial charge in [-0.05, 0) is 45.4 Å². The number of nitro groups is 1. The number of likely N-dealkylation sites (tertiary alicyclic amines) is 1. The van der Waals surface area contributed by atoms with Gasteiger partial charge in [0.1, 0.15) is 0 Å². The van der Waals surface area contributed by atoms with Crippen LogP contribution in [0.3, 0.4) is 0 Å². The molecule has 2 rings (SSSR count). The number of non-ortho nitro benzene ring substituents is 1. The zero-order chi connectivity index (χ0) is 17.0. The minimum Gasteiger partial charge on any atom is -0.297 e. The molecule has 0 saturated carbocycles. The maximum atomic E-state index is 12.3. The topological polar surface area (TPSA) is 92.6 Å². The van der Waals surface area contributed by atoms with Crippen molar-refractivity contribution in [1.29, 1.82) is 0 Å². The van der Waals surface area contributed by atoms with Crippen LogP contribution in [-0.4, -0.2) is 43.4 Å². The van der Waals surface area contributed by atoms with Crippen LogP contribution in [0.25, 0.3) is 0 Å². The van der Waals surface area contributed by atoms with Gasteiger partial charge in [0.2, 0.25) is 10.0 Å². The van der Waals surface area contributed by atoms with E-state index in [0.717, 1.165) is 19.4 Å². The van der Waals surface area contributed by atoms with Crippen molar-refractivity contribution < 1.29 is 13.3 Å². The molecular formula is C15H23N3O4S. The summed E-state index contributed by atoms with van der Waals surface area (Å²) in [6.07, 6.45) is 3.50. The van der Waals surface area contributed by atoms with Crippen molar-refractivity contribution in [3.05, 3.63) is 34.4 Å². The first-order valence-corrected chi connectivity index (χ1v) is 9.29. The Hall–Kier alpha value is -1.51. The van der Waals surface area contributed by atoms with Gasteiger partial charge in [-0.3, -0.25) is 15.0 Å². The molecule has 1 N–H and O–H groups in total. The van der Waals surface area contributed by atoms with Gasteiger partial charge in [0.15, 0.2) is 0 Å². The predicted molar refractivity (Wildman–Crippen MR) is 87.8 cm³/mol. The molecule has 0 aliphatic carbocycles. The SMILES string of the molecule is CC1CCCCN1C(C)CNS(=O)(=O)c1ccc([N+](=O)[O-])cc1. The second-order valence-electron chi connectivity index (χ2n) is 6.03. The lowest BCUT2D eigenvalue weighted by molar-refractivity contribution is -0.384. The number of nitro benzene ring substituents is 1. The van der Waals surface area contributed by atoms with Gasteiger partial charge in [-0.15, -0.1) is 0 Å². The summed E-state index contributed by atoms with van der Waals surface area (Å²) in [6, 6.07) is 5.49. The third kappa shape index (κ3) is 4.49. The van der Waals surface area contributed by atoms with E-state index in [0.29, 0.717) is 12.6 Å². The summed E-state index contributed by atoms with van der Waals surface area (Å²) >= 11 is 0. The van der Waals surface area contributed by atoms with E-state index in [9.17, 15) is 18.5 Å². The number of nitrogens with one attached hydrogen (secondary N) is 1. The molecule has 0 bridgehead atoms. The highest BCUT2D eigenvalue weighted by molar-refractivity contribution is 7.89. The van der Waals surface area contributed by atoms with E-state index in [-0.39, 0.29) is 16.6 Å². The molecule has 1 aromatic carbocycles. The summed E-state index contributed by atoms with van der Waals surface area (Å²) in [4.78, 5) is 12.4. The lowest BCUT2D eigenvalue weighted by Crippen LogP contribution is -2.48. The number of rotatable bonds is 6. The van der Waals surface area contributed by atoms with E-state index in [1.165, 1.54) is 30.7 Å². The second-order valence-corrected chi connectivity index (χ2v) is 7.80. The van der Waals surface area contributed by atoms with Crippen molar-refractivity contribution in [2.45, 2.75) is 50.1 Å². The van der Waals surface area contributed by atoms with Crippen molar-refractivity contribution in [3.8, 4) is 0 Å². The van der Waals surface area contributed by atoms with Crippen LogP contribution in [-0.2, 0) is 10.0 Å². The largest absolute Gasteiger partial charge is 0.297 e. The number of benzene rings is 1. The maximum Gasteiger partial charge on any atom is 0.269 e. The Bertz CT molecular complexity index is 645. The fourth-order valence-corrected chi connectivity index (χ4v) is 4.07. The fraction of sp³-hybridized carbons (Fsp3) is 0.600. The van der Waals surface area contributed by atoms with E-state index < -0.39 is 14.9 Å². The van der Waals surface area contributed by atoms with Crippen molar-refractivity contribution >= 4 is 15.7 Å². The van der Waals surface area contributed by atoms with Crippen LogP contribution >= 0.6 is 0 Å². The average molecular weight is 341 g/mol. The first kappa shape index (κ1) is 17.8. The molecule has 0 radical (unpaired) electrons. The molecule has 0 spiro atoms. The summed E-state index contributed by atoms with van der Waals surface area (Å²) in [6.45, 7) is 5.49. The van der Waals surface area contributed by atoms with Crippen LogP contribution in [0.5, 0.6) is 0 Å². The molecule has 128 valence electrons. The zero-order valence-corrected chi connectivity index (χ0v) is 14.3. The van der Waals surface area contributed by atoms with Crippen LogP contribution in [0, 0.1) is 10.1 Å². The van der Waals surface area contributed by atoms with Crippen molar-refractivity contribution in [2.75, 3.05) is 13.1 Å². The molecule has 1 fully saturated rings. The molecule has 0 aromatic heterocycles. The standard InChI is InChI=1S/C15H23N3O4S/c1-12-5-3-4-10-17(12)13(2)11-16-23(21,22)15-8-6-14(7-9-15)18(19)20/h6-9,12-13,16H,3-5,10-11H2,1-2H3. The summed E-state index contributed by atoms with van der Waals surface area (Å²) in [7, 11) is -3.65. The lowest BCUT2D eigenvalue weighted by Gasteiger charge is -2.38. The Morgan fingerprint density at radius 3 is 2.57 bits per heavy atom. The Morgan fingerprint density at radius 1 is 1.35 bits per heavy atom. The quantitative estimate of drug-likeness (QED) is 0.632. The van der Waals surface area contributed by atoms with Gasteiger partial charge >= 0.3 is 0 Å². The maximum absolute atomic E-state index is 12.3. The minimum atomic E-state index is -3.65. The van der Waals surface area contributed by atoms with E-state index in [4.69, 9.17) is 0 Å². The van der Waals surface area contributed by atoms with Gasteiger partial charge in [-0.25, -0.2) is 13.1 Å². The van der Waals surface area contributed by atoms with Crippen LogP contribution in [0.15, 0.2) is 29.2 Å². The van der Waals surface area contributed by atoms with E-state index in [2.05, 4.69) is 16.5 Å². The molecule has 23 heavy (non-hydrogen) atoms. The van der Waals surface area contributed by atoms with Gasteiger partial charge in [0.25, 0.3) is 5.69 Å². The monoisotopic (exact) mass is 341 g/mol. The Labute approximate surface area is 136 Å². The van der Waals surface area contributed by atoms with Gasteiger partial charge in [-0.1, -0.05) is 6.42 Å². The highest BCUT2D eigenvalue weighted by atomic mass is 32.2. The third-order valence-electron chi connectivity index (χ3n) is 4.35. The lowest BCUT2D eigenvalue weighted by atomic mass is 10.0. The number of hydrogen-bond acceptors (Lipinski definition) is 5. The highest BCUT2D eigenvalue weighted by Gasteiger charge is 2.24. The van der Waals surface area contributed by atoms with Crippen LogP contribution in [0.4, 0.5) is 5.69 Å². The number of hydrogen-bond donors (Lipinski definition) is 1. The fourth-order valence-electron chi connectivity index (χ4n) is 2.95. The summed E-state index contributed by atoms with van der Waals surface area (Å²) < 4.78 is 27.2. The van der Waals surface area contributed by atoms with Gasteiger partial charge in [0.05, 0.1) is 9.82 Å². The zero-order valence-electron chi connectivity index (χ0n) is 13.4. The van der Waals surface area contributed by atoms with Crippen molar-refractivity contribution in [1.82, 2.24) is 9.62 Å². The number of nitrogens with zero attached hydrogens (tertiary/aromatic N) is 2. The molecule has 0 amide bonds. The van der Waals surface area contributed by atoms with Crippen LogP contribution in [0.2, 0.25) is 0 Å². The first-order valence-electron chi connectivity index (χ1n) is 7.81. The van der Waals surface area contributed by atoms with Crippen molar-refractivity contribution in [3.63, 3.8) is 0 Å². The van der Waals surface area contributed by atoms with Crippen LogP contribution in [0.1, 0.15) is 33.1 Å². The molecule has 2 unspecified atom stereocenters. The summed E-state index contributed by atoms with van der Waals surface area (Å²) in [5.74, 6) is 0. The molecule has 8 heteroatoms. The van der Waals surface area contributed by atoms with Gasteiger partial charge < -0.3 is 0 Å². The van der Waals surface area contributed by atoms with Crippen molar-refractivity contribution in [2.24, 2.45) is 0 Å². The first-order chi connectivity index (χ1) is 10.8. The molecule has 1 saturated heterocycles. The predicted octanol–water partition coefficient (Wildman–Crippen LogP) is 2.14. The normalized spacial score (nSPS) is 21.0. The molecule has 1 aliphatic rings. The summed E-state index contributed by atoms with van der Waals surface area (Å²) in [5, 5.41) is 10.6. The smallest absolute Gasteiger partial charge is 0.269 e. The molecule has 1 heterocycles. The van der Waals surface area contributed by atoms with E-state index in [1.807, 2.05) is 6.92 Å². The second kappa shape index (κ2) is 7.37. The minimum absolute atomic E-state index is 0.0435. The van der Waals surface area contributed by atoms with E-state index in [1.54, 1.807) is 0 Å². The Balaban J connectivity index is 1.99.